The van der Waals surface area contributed by atoms with Gasteiger partial charge in [-0.2, -0.15) is 10.0 Å². The van der Waals surface area contributed by atoms with E-state index in [1.807, 2.05) is 0 Å². The first-order valence-electron chi connectivity index (χ1n) is 2.51. The zero-order chi connectivity index (χ0) is 9.00. The molecule has 0 atom stereocenters. The third-order valence-corrected chi connectivity index (χ3v) is 0. The molecule has 0 amide bonds. The fourth-order valence-corrected chi connectivity index (χ4v) is 0. The minimum atomic E-state index is -6.00. The lowest BCUT2D eigenvalue weighted by atomic mass is 10.3. The van der Waals surface area contributed by atoms with Crippen LogP contribution in [0.25, 0.3) is 0 Å². The van der Waals surface area contributed by atoms with Crippen LogP contribution in [0.3, 0.4) is 0 Å². The highest BCUT2D eigenvalue weighted by Gasteiger charge is 2.20. The van der Waals surface area contributed by atoms with Gasteiger partial charge in [0.1, 0.15) is 0 Å². The predicted octanol–water partition coefficient (Wildman–Crippen LogP) is 1.96. The summed E-state index contributed by atoms with van der Waals surface area (Å²) < 4.78 is 39.0. The van der Waals surface area contributed by atoms with E-state index in [1.54, 1.807) is 0 Å². The van der Waals surface area contributed by atoms with Crippen molar-refractivity contribution in [2.45, 2.75) is 0 Å². The Balaban J connectivity index is 0. The molecule has 10 heavy (non-hydrogen) atoms. The van der Waals surface area contributed by atoms with E-state index in [9.17, 15) is 17.3 Å². The SMILES string of the molecule is C[S+](C)(C)C.F[B-](F)(F)F. The summed E-state index contributed by atoms with van der Waals surface area (Å²) in [5.74, 6) is 0. The number of rotatable bonds is 0. The van der Waals surface area contributed by atoms with E-state index in [0.29, 0.717) is 0 Å². The Hall–Kier alpha value is 0.135. The molecule has 0 aliphatic heterocycles. The molecular weight excluding hydrogens is 167 g/mol. The van der Waals surface area contributed by atoms with Gasteiger partial charge < -0.3 is 17.3 Å². The molecule has 0 saturated heterocycles. The Morgan fingerprint density at radius 1 is 0.800 bits per heavy atom. The fraction of sp³-hybridized carbons (Fsp3) is 1.00. The van der Waals surface area contributed by atoms with Crippen LogP contribution in [0.4, 0.5) is 17.3 Å². The largest absolute Gasteiger partial charge is 0.673 e. The summed E-state index contributed by atoms with van der Waals surface area (Å²) in [6.45, 7) is 0. The smallest absolute Gasteiger partial charge is 0.418 e. The normalized spacial score (nSPS) is 12.0. The van der Waals surface area contributed by atoms with Gasteiger partial charge in [0.05, 0.1) is 25.0 Å². The molecule has 0 aromatic carbocycles. The molecule has 0 aliphatic rings. The van der Waals surface area contributed by atoms with Gasteiger partial charge in [-0.1, -0.05) is 0 Å². The third-order valence-electron chi connectivity index (χ3n) is 0. The molecule has 0 fully saturated rings. The standard InChI is InChI=1S/C4H12S.BF4/c1-5(2,3)4;2-1(3,4)5/h1-4H3;/q+1;-1. The summed E-state index contributed by atoms with van der Waals surface area (Å²) in [5.41, 5.74) is 0. The number of hydrogen-bond acceptors (Lipinski definition) is 0. The van der Waals surface area contributed by atoms with Gasteiger partial charge in [-0.05, 0) is 0 Å². The van der Waals surface area contributed by atoms with Crippen molar-refractivity contribution in [3.63, 3.8) is 0 Å². The second-order valence-corrected chi connectivity index (χ2v) is 7.84. The maximum Gasteiger partial charge on any atom is 0.673 e. The van der Waals surface area contributed by atoms with Crippen LogP contribution in [0.2, 0.25) is 0 Å². The van der Waals surface area contributed by atoms with Gasteiger partial charge in [-0.25, -0.2) is 0 Å². The summed E-state index contributed by atoms with van der Waals surface area (Å²) in [7, 11) is -6.17. The van der Waals surface area contributed by atoms with Crippen molar-refractivity contribution in [3.8, 4) is 0 Å². The van der Waals surface area contributed by atoms with Crippen LogP contribution in [-0.2, 0) is 10.0 Å². The molecule has 0 aromatic rings. The molecule has 0 unspecified atom stereocenters. The molecule has 0 nitrogen and oxygen atoms in total. The maximum absolute atomic E-state index is 9.75. The van der Waals surface area contributed by atoms with E-state index in [-0.39, 0.29) is 10.0 Å². The lowest BCUT2D eigenvalue weighted by Crippen LogP contribution is -2.10. The second-order valence-electron chi connectivity index (χ2n) is 2.94. The molecule has 0 heterocycles. The Labute approximate surface area is 60.4 Å². The Bertz CT molecular complexity index is 60.2. The zero-order valence-electron chi connectivity index (χ0n) is 6.50. The molecule has 6 heteroatoms. The molecule has 0 N–H and O–H groups in total. The van der Waals surface area contributed by atoms with Gasteiger partial charge in [0.25, 0.3) is 0 Å². The van der Waals surface area contributed by atoms with Gasteiger partial charge in [0.15, 0.2) is 0 Å². The minimum absolute atomic E-state index is 0.167. The van der Waals surface area contributed by atoms with E-state index in [0.717, 1.165) is 0 Å². The predicted molar refractivity (Wildman–Crippen MR) is 41.2 cm³/mol. The summed E-state index contributed by atoms with van der Waals surface area (Å²) >= 11 is 0. The highest BCUT2D eigenvalue weighted by atomic mass is 32.3. The maximum atomic E-state index is 9.75. The van der Waals surface area contributed by atoms with Crippen LogP contribution in [0.15, 0.2) is 0 Å². The molecular formula is C4H12BF4S. The van der Waals surface area contributed by atoms with E-state index < -0.39 is 7.25 Å². The fourth-order valence-electron chi connectivity index (χ4n) is 0. The highest BCUT2D eigenvalue weighted by Crippen LogP contribution is 2.06. The highest BCUT2D eigenvalue weighted by molar-refractivity contribution is 8.11. The van der Waals surface area contributed by atoms with Gasteiger partial charge in [-0.3, -0.25) is 0 Å². The molecule has 0 aromatic heterocycles. The van der Waals surface area contributed by atoms with Crippen LogP contribution in [0.1, 0.15) is 0 Å². The van der Waals surface area contributed by atoms with Crippen molar-refractivity contribution in [1.82, 2.24) is 0 Å². The van der Waals surface area contributed by atoms with E-state index in [4.69, 9.17) is 0 Å². The third kappa shape index (κ3) is 22700. The van der Waals surface area contributed by atoms with Crippen molar-refractivity contribution in [2.24, 2.45) is 0 Å². The van der Waals surface area contributed by atoms with E-state index >= 15 is 0 Å². The van der Waals surface area contributed by atoms with Crippen molar-refractivity contribution < 1.29 is 17.3 Å². The van der Waals surface area contributed by atoms with Crippen molar-refractivity contribution >= 4 is 17.3 Å². The van der Waals surface area contributed by atoms with Crippen LogP contribution in [-0.4, -0.2) is 32.3 Å². The molecule has 0 aliphatic carbocycles. The average Bonchev–Trinajstić information content (AvgIpc) is 1.12. The van der Waals surface area contributed by atoms with Gasteiger partial charge >= 0.3 is 7.25 Å². The summed E-state index contributed by atoms with van der Waals surface area (Å²) in [5, 5.41) is 0. The Morgan fingerprint density at radius 3 is 0.800 bits per heavy atom. The molecule has 65 valence electrons. The molecule has 0 saturated carbocycles. The van der Waals surface area contributed by atoms with Gasteiger partial charge in [0, 0.05) is 0 Å². The van der Waals surface area contributed by atoms with Crippen molar-refractivity contribution in [2.75, 3.05) is 25.0 Å². The number of hydrogen-bond donors (Lipinski definition) is 0. The van der Waals surface area contributed by atoms with Crippen LogP contribution >= 0.6 is 0 Å². The topological polar surface area (TPSA) is 0 Å². The lowest BCUT2D eigenvalue weighted by Gasteiger charge is -2.05. The minimum Gasteiger partial charge on any atom is -0.418 e. The first-order chi connectivity index (χ1) is 4.00. The summed E-state index contributed by atoms with van der Waals surface area (Å²) in [6, 6.07) is 0. The monoisotopic (exact) mass is 179 g/mol. The first kappa shape index (κ1) is 12.8. The lowest BCUT2D eigenvalue weighted by molar-refractivity contribution is 0.368. The van der Waals surface area contributed by atoms with Crippen molar-refractivity contribution in [3.05, 3.63) is 0 Å². The van der Waals surface area contributed by atoms with E-state index in [2.05, 4.69) is 25.0 Å². The van der Waals surface area contributed by atoms with E-state index in [1.165, 1.54) is 0 Å². The molecule has 0 bridgehead atoms. The zero-order valence-corrected chi connectivity index (χ0v) is 7.31. The average molecular weight is 179 g/mol. The quantitative estimate of drug-likeness (QED) is 0.303. The van der Waals surface area contributed by atoms with Crippen LogP contribution in [0, 0.1) is 0 Å². The first-order valence-corrected chi connectivity index (χ1v) is 5.77. The van der Waals surface area contributed by atoms with Crippen molar-refractivity contribution in [1.29, 1.82) is 0 Å². The summed E-state index contributed by atoms with van der Waals surface area (Å²) in [6.07, 6.45) is 9.08. The molecule has 0 rings (SSSR count). The molecule has 0 spiro atoms. The van der Waals surface area contributed by atoms with Crippen LogP contribution in [0.5, 0.6) is 0 Å². The van der Waals surface area contributed by atoms with Crippen LogP contribution < -0.4 is 0 Å². The second kappa shape index (κ2) is 4.11. The molecule has 1 radical (unpaired) electrons. The number of halogens is 4. The van der Waals surface area contributed by atoms with Gasteiger partial charge in [-0.15, -0.1) is 0 Å². The summed E-state index contributed by atoms with van der Waals surface area (Å²) in [4.78, 5) is 0. The Morgan fingerprint density at radius 2 is 0.800 bits per heavy atom. The van der Waals surface area contributed by atoms with Gasteiger partial charge in [0.2, 0.25) is 0 Å². The Kier molecular flexibility index (Phi) is 5.25.